The fourth-order valence-corrected chi connectivity index (χ4v) is 1.69. The van der Waals surface area contributed by atoms with E-state index in [-0.39, 0.29) is 11.9 Å². The topological polar surface area (TPSA) is 58.4 Å². The summed E-state index contributed by atoms with van der Waals surface area (Å²) in [5.41, 5.74) is 8.58. The van der Waals surface area contributed by atoms with Crippen LogP contribution in [0.1, 0.15) is 39.0 Å². The fourth-order valence-electron chi connectivity index (χ4n) is 1.69. The molecule has 1 fully saturated rings. The minimum Gasteiger partial charge on any atom is -0.320 e. The lowest BCUT2D eigenvalue weighted by atomic mass is 10.1. The highest BCUT2D eigenvalue weighted by atomic mass is 16.2. The Hall–Kier alpha value is -0.610. The third-order valence-electron chi connectivity index (χ3n) is 2.56. The molecule has 4 nitrogen and oxygen atoms in total. The largest absolute Gasteiger partial charge is 0.320 e. The first kappa shape index (κ1) is 11.5. The van der Waals surface area contributed by atoms with Gasteiger partial charge in [0.1, 0.15) is 0 Å². The van der Waals surface area contributed by atoms with E-state index >= 15 is 0 Å². The second kappa shape index (κ2) is 5.98. The maximum absolute atomic E-state index is 11.5. The summed E-state index contributed by atoms with van der Waals surface area (Å²) in [5.74, 6) is -0.0336. The molecule has 0 aromatic heterocycles. The first-order valence-corrected chi connectivity index (χ1v) is 5.55. The van der Waals surface area contributed by atoms with Gasteiger partial charge in [-0.3, -0.25) is 10.2 Å². The number of carbonyl (C=O) groups excluding carboxylic acids is 1. The lowest BCUT2D eigenvalue weighted by Crippen LogP contribution is -2.51. The van der Waals surface area contributed by atoms with Crippen molar-refractivity contribution in [3.05, 3.63) is 0 Å². The maximum Gasteiger partial charge on any atom is 0.251 e. The average Bonchev–Trinajstić information content (AvgIpc) is 2.19. The predicted octanol–water partition coefficient (Wildman–Crippen LogP) is 0.631. The molecule has 1 saturated heterocycles. The molecular formula is C10H21N3O. The Kier molecular flexibility index (Phi) is 4.90. The quantitative estimate of drug-likeness (QED) is 0.698. The zero-order valence-electron chi connectivity index (χ0n) is 8.96. The lowest BCUT2D eigenvalue weighted by Gasteiger charge is -2.27. The standard InChI is InChI=1S/C10H21N3O/c1-2-6-9(11)10(14)12-13-7-4-3-5-8-13/h9H,2-8,11H2,1H3,(H,12,14)/t9-/m0/s1. The molecule has 0 spiro atoms. The summed E-state index contributed by atoms with van der Waals surface area (Å²) < 4.78 is 0. The molecule has 1 atom stereocenters. The highest BCUT2D eigenvalue weighted by Gasteiger charge is 2.16. The number of rotatable bonds is 4. The summed E-state index contributed by atoms with van der Waals surface area (Å²) in [6.07, 6.45) is 5.33. The molecular weight excluding hydrogens is 178 g/mol. The van der Waals surface area contributed by atoms with E-state index in [1.807, 2.05) is 11.9 Å². The van der Waals surface area contributed by atoms with Crippen molar-refractivity contribution >= 4 is 5.91 Å². The van der Waals surface area contributed by atoms with Crippen LogP contribution in [0.3, 0.4) is 0 Å². The van der Waals surface area contributed by atoms with Crippen molar-refractivity contribution in [3.8, 4) is 0 Å². The van der Waals surface area contributed by atoms with Crippen LogP contribution in [0.15, 0.2) is 0 Å². The molecule has 1 rings (SSSR count). The van der Waals surface area contributed by atoms with Crippen LogP contribution in [0.4, 0.5) is 0 Å². The molecule has 0 bridgehead atoms. The van der Waals surface area contributed by atoms with Crippen LogP contribution in [-0.4, -0.2) is 30.0 Å². The molecule has 0 aliphatic carbocycles. The highest BCUT2D eigenvalue weighted by Crippen LogP contribution is 2.06. The van der Waals surface area contributed by atoms with Gasteiger partial charge in [0.25, 0.3) is 5.91 Å². The Morgan fingerprint density at radius 2 is 2.07 bits per heavy atom. The van der Waals surface area contributed by atoms with Gasteiger partial charge in [0.2, 0.25) is 0 Å². The number of amides is 1. The maximum atomic E-state index is 11.5. The van der Waals surface area contributed by atoms with Crippen molar-refractivity contribution in [2.45, 2.75) is 45.1 Å². The van der Waals surface area contributed by atoms with Gasteiger partial charge in [-0.25, -0.2) is 5.01 Å². The molecule has 1 aliphatic heterocycles. The van der Waals surface area contributed by atoms with E-state index in [1.54, 1.807) is 0 Å². The third-order valence-corrected chi connectivity index (χ3v) is 2.56. The number of nitrogens with zero attached hydrogens (tertiary/aromatic N) is 1. The Bertz CT molecular complexity index is 178. The van der Waals surface area contributed by atoms with Crippen LogP contribution in [0.2, 0.25) is 0 Å². The second-order valence-corrected chi connectivity index (χ2v) is 3.92. The van der Waals surface area contributed by atoms with Crippen LogP contribution in [-0.2, 0) is 4.79 Å². The van der Waals surface area contributed by atoms with E-state index in [0.29, 0.717) is 0 Å². The van der Waals surface area contributed by atoms with Gasteiger partial charge in [0.15, 0.2) is 0 Å². The number of nitrogens with one attached hydrogen (secondary N) is 1. The zero-order chi connectivity index (χ0) is 10.4. The SMILES string of the molecule is CCC[C@H](N)C(=O)NN1CCCCC1. The van der Waals surface area contributed by atoms with E-state index in [2.05, 4.69) is 5.43 Å². The van der Waals surface area contributed by atoms with E-state index in [9.17, 15) is 4.79 Å². The van der Waals surface area contributed by atoms with Crippen LogP contribution in [0.5, 0.6) is 0 Å². The molecule has 14 heavy (non-hydrogen) atoms. The van der Waals surface area contributed by atoms with Gasteiger partial charge >= 0.3 is 0 Å². The number of hydrogen-bond acceptors (Lipinski definition) is 3. The monoisotopic (exact) mass is 199 g/mol. The minimum atomic E-state index is -0.345. The Morgan fingerprint density at radius 3 is 2.64 bits per heavy atom. The molecule has 1 heterocycles. The van der Waals surface area contributed by atoms with Gasteiger partial charge in [-0.15, -0.1) is 0 Å². The second-order valence-electron chi connectivity index (χ2n) is 3.92. The third kappa shape index (κ3) is 3.64. The summed E-state index contributed by atoms with van der Waals surface area (Å²) in [5, 5.41) is 1.99. The van der Waals surface area contributed by atoms with E-state index in [4.69, 9.17) is 5.73 Å². The van der Waals surface area contributed by atoms with Crippen molar-refractivity contribution in [3.63, 3.8) is 0 Å². The van der Waals surface area contributed by atoms with Crippen molar-refractivity contribution in [1.29, 1.82) is 0 Å². The number of piperidine rings is 1. The Balaban J connectivity index is 2.24. The van der Waals surface area contributed by atoms with Gasteiger partial charge in [0, 0.05) is 13.1 Å². The first-order chi connectivity index (χ1) is 6.74. The minimum absolute atomic E-state index is 0.0336. The Labute approximate surface area is 85.8 Å². The number of nitrogens with two attached hydrogens (primary N) is 1. The highest BCUT2D eigenvalue weighted by molar-refractivity contribution is 5.80. The summed E-state index contributed by atoms with van der Waals surface area (Å²) in [7, 11) is 0. The summed E-state index contributed by atoms with van der Waals surface area (Å²) in [6, 6.07) is -0.345. The molecule has 3 N–H and O–H groups in total. The molecule has 82 valence electrons. The van der Waals surface area contributed by atoms with E-state index in [1.165, 1.54) is 19.3 Å². The van der Waals surface area contributed by atoms with Crippen molar-refractivity contribution < 1.29 is 4.79 Å². The fraction of sp³-hybridized carbons (Fsp3) is 0.900. The van der Waals surface area contributed by atoms with Crippen molar-refractivity contribution in [2.24, 2.45) is 5.73 Å². The molecule has 0 aromatic rings. The first-order valence-electron chi connectivity index (χ1n) is 5.55. The van der Waals surface area contributed by atoms with Crippen LogP contribution in [0, 0.1) is 0 Å². The number of hydrogen-bond donors (Lipinski definition) is 2. The average molecular weight is 199 g/mol. The number of hydrazine groups is 1. The van der Waals surface area contributed by atoms with E-state index < -0.39 is 0 Å². The van der Waals surface area contributed by atoms with Crippen LogP contribution >= 0.6 is 0 Å². The summed E-state index contributed by atoms with van der Waals surface area (Å²) in [4.78, 5) is 11.5. The molecule has 0 aromatic carbocycles. The Morgan fingerprint density at radius 1 is 1.43 bits per heavy atom. The van der Waals surface area contributed by atoms with Gasteiger partial charge in [-0.1, -0.05) is 19.8 Å². The summed E-state index contributed by atoms with van der Waals surface area (Å²) in [6.45, 7) is 3.96. The van der Waals surface area contributed by atoms with Gasteiger partial charge in [-0.2, -0.15) is 0 Å². The smallest absolute Gasteiger partial charge is 0.251 e. The molecule has 1 aliphatic rings. The normalized spacial score (nSPS) is 20.4. The van der Waals surface area contributed by atoms with Gasteiger partial charge in [0.05, 0.1) is 6.04 Å². The van der Waals surface area contributed by atoms with Gasteiger partial charge in [-0.05, 0) is 19.3 Å². The molecule has 0 unspecified atom stereocenters. The van der Waals surface area contributed by atoms with Crippen LogP contribution in [0.25, 0.3) is 0 Å². The molecule has 0 saturated carbocycles. The van der Waals surface area contributed by atoms with E-state index in [0.717, 1.165) is 25.9 Å². The number of carbonyl (C=O) groups is 1. The lowest BCUT2D eigenvalue weighted by molar-refractivity contribution is -0.127. The molecule has 4 heteroatoms. The molecule has 0 radical (unpaired) electrons. The predicted molar refractivity (Wildman–Crippen MR) is 56.5 cm³/mol. The van der Waals surface area contributed by atoms with Gasteiger partial charge < -0.3 is 5.73 Å². The van der Waals surface area contributed by atoms with Crippen molar-refractivity contribution in [2.75, 3.05) is 13.1 Å². The zero-order valence-corrected chi connectivity index (χ0v) is 8.96. The van der Waals surface area contributed by atoms with Crippen LogP contribution < -0.4 is 11.2 Å². The summed E-state index contributed by atoms with van der Waals surface area (Å²) >= 11 is 0. The molecule has 1 amide bonds. The van der Waals surface area contributed by atoms with Crippen molar-refractivity contribution in [1.82, 2.24) is 10.4 Å².